The van der Waals surface area contributed by atoms with Crippen molar-refractivity contribution in [2.24, 2.45) is 5.92 Å². The molecule has 4 heteroatoms. The molecule has 1 aromatic rings. The third-order valence-corrected chi connectivity index (χ3v) is 3.35. The molecule has 1 saturated heterocycles. The summed E-state index contributed by atoms with van der Waals surface area (Å²) in [6.07, 6.45) is 4.43. The van der Waals surface area contributed by atoms with Crippen LogP contribution in [-0.2, 0) is 0 Å². The lowest BCUT2D eigenvalue weighted by molar-refractivity contribution is 0.390. The fourth-order valence-electron chi connectivity index (χ4n) is 2.25. The number of aromatic nitrogens is 1. The van der Waals surface area contributed by atoms with Gasteiger partial charge in [0.15, 0.2) is 0 Å². The van der Waals surface area contributed by atoms with Crippen LogP contribution in [-0.4, -0.2) is 31.7 Å². The van der Waals surface area contributed by atoms with Crippen LogP contribution in [0.15, 0.2) is 12.3 Å². The largest absolute Gasteiger partial charge is 0.385 e. The van der Waals surface area contributed by atoms with E-state index in [9.17, 15) is 0 Å². The van der Waals surface area contributed by atoms with Crippen LogP contribution in [0, 0.1) is 12.8 Å². The first-order chi connectivity index (χ1) is 9.29. The summed E-state index contributed by atoms with van der Waals surface area (Å²) in [6.45, 7) is 9.39. The van der Waals surface area contributed by atoms with E-state index in [1.807, 2.05) is 34.0 Å². The minimum Gasteiger partial charge on any atom is -0.385 e. The van der Waals surface area contributed by atoms with Crippen LogP contribution in [0.2, 0.25) is 0 Å². The molecule has 1 aliphatic heterocycles. The summed E-state index contributed by atoms with van der Waals surface area (Å²) in [5.74, 6) is 0.787. The number of aryl methyl sites for hydroxylation is 1. The van der Waals surface area contributed by atoms with E-state index in [2.05, 4.69) is 27.0 Å². The molecule has 0 aliphatic carbocycles. The summed E-state index contributed by atoms with van der Waals surface area (Å²) in [6, 6.07) is 2.10. The van der Waals surface area contributed by atoms with Crippen LogP contribution in [0.5, 0.6) is 0 Å². The minimum atomic E-state index is 0.787. The molecule has 4 nitrogen and oxygen atoms in total. The first kappa shape index (κ1) is 15.8. The number of pyridine rings is 1. The van der Waals surface area contributed by atoms with Gasteiger partial charge in [-0.1, -0.05) is 13.8 Å². The molecule has 2 rings (SSSR count). The Morgan fingerprint density at radius 2 is 1.95 bits per heavy atom. The average Bonchev–Trinajstić information content (AvgIpc) is 2.48. The minimum absolute atomic E-state index is 0.787. The Hall–Kier alpha value is -1.29. The molecule has 0 spiro atoms. The fraction of sp³-hybridized carbons (Fsp3) is 0.667. The highest BCUT2D eigenvalue weighted by Crippen LogP contribution is 2.22. The van der Waals surface area contributed by atoms with Gasteiger partial charge in [-0.3, -0.25) is 4.98 Å². The van der Waals surface area contributed by atoms with E-state index < -0.39 is 0 Å². The average molecular weight is 264 g/mol. The van der Waals surface area contributed by atoms with E-state index in [4.69, 9.17) is 0 Å². The van der Waals surface area contributed by atoms with E-state index in [0.29, 0.717) is 0 Å². The molecule has 19 heavy (non-hydrogen) atoms. The molecular weight excluding hydrogens is 236 g/mol. The Morgan fingerprint density at radius 1 is 1.26 bits per heavy atom. The van der Waals surface area contributed by atoms with E-state index in [1.165, 1.54) is 18.5 Å². The van der Waals surface area contributed by atoms with Crippen LogP contribution in [0.1, 0.15) is 32.4 Å². The van der Waals surface area contributed by atoms with Crippen molar-refractivity contribution in [2.75, 3.05) is 37.3 Å². The molecule has 1 aliphatic rings. The summed E-state index contributed by atoms with van der Waals surface area (Å²) < 4.78 is 0. The van der Waals surface area contributed by atoms with Crippen molar-refractivity contribution in [1.29, 1.82) is 0 Å². The molecule has 0 saturated carbocycles. The zero-order valence-corrected chi connectivity index (χ0v) is 12.7. The van der Waals surface area contributed by atoms with Gasteiger partial charge in [0.25, 0.3) is 0 Å². The summed E-state index contributed by atoms with van der Waals surface area (Å²) in [5.41, 5.74) is 3.29. The third kappa shape index (κ3) is 5.07. The van der Waals surface area contributed by atoms with Crippen molar-refractivity contribution in [3.63, 3.8) is 0 Å². The van der Waals surface area contributed by atoms with Gasteiger partial charge in [-0.25, -0.2) is 0 Å². The van der Waals surface area contributed by atoms with Gasteiger partial charge in [0.05, 0.1) is 17.6 Å². The normalized spacial score (nSPS) is 15.4. The lowest BCUT2D eigenvalue weighted by atomic mass is 9.98. The molecule has 1 aromatic heterocycles. The highest BCUT2D eigenvalue weighted by molar-refractivity contribution is 5.67. The van der Waals surface area contributed by atoms with Crippen LogP contribution >= 0.6 is 0 Å². The quantitative estimate of drug-likeness (QED) is 0.782. The van der Waals surface area contributed by atoms with Crippen molar-refractivity contribution in [1.82, 2.24) is 10.3 Å². The van der Waals surface area contributed by atoms with Gasteiger partial charge in [0.1, 0.15) is 0 Å². The third-order valence-electron chi connectivity index (χ3n) is 3.35. The molecule has 108 valence electrons. The predicted molar refractivity (Wildman–Crippen MR) is 84.0 cm³/mol. The second kappa shape index (κ2) is 8.75. The zero-order chi connectivity index (χ0) is 14.1. The fourth-order valence-corrected chi connectivity index (χ4v) is 2.25. The van der Waals surface area contributed by atoms with Crippen molar-refractivity contribution >= 4 is 11.4 Å². The van der Waals surface area contributed by atoms with Crippen LogP contribution in [0.25, 0.3) is 0 Å². The van der Waals surface area contributed by atoms with Gasteiger partial charge in [-0.2, -0.15) is 0 Å². The standard InChI is InChI=1S/C13H22N4.C2H6/c1-10-7-12(13(14-2)9-16-10)17-8-11-3-5-15-6-4-11;1-2/h7,9,11,14-15H,3-6,8H2,1-2H3,(H,16,17);1-2H3. The maximum absolute atomic E-state index is 4.29. The summed E-state index contributed by atoms with van der Waals surface area (Å²) in [4.78, 5) is 4.29. The predicted octanol–water partition coefficient (Wildman–Crippen LogP) is 2.87. The summed E-state index contributed by atoms with van der Waals surface area (Å²) >= 11 is 0. The SMILES string of the molecule is CC.CNc1cnc(C)cc1NCC1CCNCC1. The lowest BCUT2D eigenvalue weighted by Crippen LogP contribution is -2.31. The smallest absolute Gasteiger partial charge is 0.0760 e. The first-order valence-electron chi connectivity index (χ1n) is 7.38. The molecule has 2 heterocycles. The second-order valence-electron chi connectivity index (χ2n) is 4.70. The highest BCUT2D eigenvalue weighted by Gasteiger charge is 2.13. The van der Waals surface area contributed by atoms with Crippen LogP contribution in [0.3, 0.4) is 0 Å². The molecule has 0 atom stereocenters. The van der Waals surface area contributed by atoms with E-state index in [1.54, 1.807) is 0 Å². The van der Waals surface area contributed by atoms with Gasteiger partial charge in [-0.15, -0.1) is 0 Å². The monoisotopic (exact) mass is 264 g/mol. The molecule has 0 aromatic carbocycles. The Morgan fingerprint density at radius 3 is 2.58 bits per heavy atom. The van der Waals surface area contributed by atoms with E-state index in [-0.39, 0.29) is 0 Å². The molecule has 0 radical (unpaired) electrons. The Kier molecular flexibility index (Phi) is 7.26. The van der Waals surface area contributed by atoms with Crippen LogP contribution in [0.4, 0.5) is 11.4 Å². The van der Waals surface area contributed by atoms with Crippen molar-refractivity contribution < 1.29 is 0 Å². The lowest BCUT2D eigenvalue weighted by Gasteiger charge is -2.23. The van der Waals surface area contributed by atoms with Gasteiger partial charge < -0.3 is 16.0 Å². The number of anilines is 2. The van der Waals surface area contributed by atoms with E-state index >= 15 is 0 Å². The number of nitrogens with one attached hydrogen (secondary N) is 3. The van der Waals surface area contributed by atoms with Crippen molar-refractivity contribution in [2.45, 2.75) is 33.6 Å². The Balaban J connectivity index is 0.000000861. The highest BCUT2D eigenvalue weighted by atomic mass is 15.0. The number of hydrogen-bond acceptors (Lipinski definition) is 4. The maximum atomic E-state index is 4.29. The van der Waals surface area contributed by atoms with Crippen molar-refractivity contribution in [3.8, 4) is 0 Å². The van der Waals surface area contributed by atoms with Crippen molar-refractivity contribution in [3.05, 3.63) is 18.0 Å². The van der Waals surface area contributed by atoms with Gasteiger partial charge in [0.2, 0.25) is 0 Å². The molecule has 1 fully saturated rings. The number of hydrogen-bond donors (Lipinski definition) is 3. The van der Waals surface area contributed by atoms with Crippen LogP contribution < -0.4 is 16.0 Å². The Labute approximate surface area is 117 Å². The number of rotatable bonds is 4. The molecule has 0 bridgehead atoms. The maximum Gasteiger partial charge on any atom is 0.0760 e. The topological polar surface area (TPSA) is 49.0 Å². The van der Waals surface area contributed by atoms with E-state index in [0.717, 1.165) is 36.9 Å². The summed E-state index contributed by atoms with van der Waals surface area (Å²) in [5, 5.41) is 10.1. The summed E-state index contributed by atoms with van der Waals surface area (Å²) in [7, 11) is 1.93. The van der Waals surface area contributed by atoms with Gasteiger partial charge >= 0.3 is 0 Å². The van der Waals surface area contributed by atoms with Gasteiger partial charge in [-0.05, 0) is 44.8 Å². The first-order valence-corrected chi connectivity index (χ1v) is 7.38. The molecule has 3 N–H and O–H groups in total. The number of piperidine rings is 1. The van der Waals surface area contributed by atoms with Gasteiger partial charge in [0, 0.05) is 19.3 Å². The molecule has 0 unspecified atom stereocenters. The second-order valence-corrected chi connectivity index (χ2v) is 4.70. The molecular formula is C15H28N4. The number of nitrogens with zero attached hydrogens (tertiary/aromatic N) is 1. The Bertz CT molecular complexity index is 359. The molecule has 0 amide bonds. The zero-order valence-electron chi connectivity index (χ0n) is 12.7.